The molecule has 0 saturated heterocycles. The lowest BCUT2D eigenvalue weighted by molar-refractivity contribution is -0.144. The van der Waals surface area contributed by atoms with Crippen LogP contribution in [0.4, 0.5) is 0 Å². The summed E-state index contributed by atoms with van der Waals surface area (Å²) in [6.07, 6.45) is 2.78. The Kier molecular flexibility index (Phi) is 7.97. The summed E-state index contributed by atoms with van der Waals surface area (Å²) in [7, 11) is 0. The lowest BCUT2D eigenvalue weighted by Crippen LogP contribution is -2.50. The molecular formula is C31H39N3O2. The molecule has 3 aromatic rings. The van der Waals surface area contributed by atoms with E-state index in [1.807, 2.05) is 56.0 Å². The molecule has 2 amide bonds. The van der Waals surface area contributed by atoms with Gasteiger partial charge in [0.1, 0.15) is 6.54 Å². The van der Waals surface area contributed by atoms with Crippen molar-refractivity contribution in [2.45, 2.75) is 71.5 Å². The van der Waals surface area contributed by atoms with E-state index < -0.39 is 0 Å². The molecule has 1 aromatic heterocycles. The van der Waals surface area contributed by atoms with Gasteiger partial charge in [-0.15, -0.1) is 0 Å². The Morgan fingerprint density at radius 3 is 2.19 bits per heavy atom. The SMILES string of the molecule is CCC(C(=O)N(CC(=O)N1CCn2cccc2C1c1ccc(C(C)C)cc1)C(C)C)c1ccccc1. The van der Waals surface area contributed by atoms with Crippen molar-refractivity contribution in [1.82, 2.24) is 14.4 Å². The molecule has 190 valence electrons. The molecule has 2 heterocycles. The normalized spacial score (nSPS) is 16.2. The summed E-state index contributed by atoms with van der Waals surface area (Å²) in [5.41, 5.74) is 4.50. The Morgan fingerprint density at radius 2 is 1.58 bits per heavy atom. The van der Waals surface area contributed by atoms with Gasteiger partial charge in [-0.3, -0.25) is 9.59 Å². The molecule has 2 aromatic carbocycles. The minimum absolute atomic E-state index is 0.00893. The van der Waals surface area contributed by atoms with Crippen LogP contribution in [-0.2, 0) is 16.1 Å². The average molecular weight is 486 g/mol. The minimum atomic E-state index is -0.251. The van der Waals surface area contributed by atoms with E-state index in [2.05, 4.69) is 61.0 Å². The highest BCUT2D eigenvalue weighted by atomic mass is 16.2. The summed E-state index contributed by atoms with van der Waals surface area (Å²) in [6.45, 7) is 11.9. The van der Waals surface area contributed by atoms with Crippen LogP contribution in [0.2, 0.25) is 0 Å². The number of hydrogen-bond donors (Lipinski definition) is 0. The van der Waals surface area contributed by atoms with Gasteiger partial charge in [-0.2, -0.15) is 0 Å². The number of amides is 2. The highest BCUT2D eigenvalue weighted by molar-refractivity contribution is 5.89. The van der Waals surface area contributed by atoms with Crippen LogP contribution in [-0.4, -0.2) is 45.3 Å². The third kappa shape index (κ3) is 5.25. The van der Waals surface area contributed by atoms with Gasteiger partial charge < -0.3 is 14.4 Å². The topological polar surface area (TPSA) is 45.6 Å². The molecule has 0 fully saturated rings. The van der Waals surface area contributed by atoms with Crippen molar-refractivity contribution in [2.24, 2.45) is 0 Å². The average Bonchev–Trinajstić information content (AvgIpc) is 3.36. The molecule has 0 spiro atoms. The van der Waals surface area contributed by atoms with E-state index in [4.69, 9.17) is 0 Å². The smallest absolute Gasteiger partial charge is 0.243 e. The Balaban J connectivity index is 1.61. The van der Waals surface area contributed by atoms with Gasteiger partial charge >= 0.3 is 0 Å². The number of carbonyl (C=O) groups excluding carboxylic acids is 2. The third-order valence-electron chi connectivity index (χ3n) is 7.40. The molecule has 1 aliphatic heterocycles. The standard InChI is InChI=1S/C31H39N3O2/c1-6-27(25-11-8-7-9-12-25)31(36)34(23(4)5)21-29(35)33-20-19-32-18-10-13-28(32)30(33)26-16-14-24(15-17-26)22(2)3/h7-18,22-23,27,30H,6,19-21H2,1-5H3. The van der Waals surface area contributed by atoms with Gasteiger partial charge in [0.2, 0.25) is 11.8 Å². The molecule has 5 heteroatoms. The number of aromatic nitrogens is 1. The molecule has 2 unspecified atom stereocenters. The van der Waals surface area contributed by atoms with E-state index in [0.29, 0.717) is 18.9 Å². The van der Waals surface area contributed by atoms with E-state index in [1.165, 1.54) is 5.56 Å². The first-order valence-electron chi connectivity index (χ1n) is 13.2. The lowest BCUT2D eigenvalue weighted by atomic mass is 9.94. The fourth-order valence-electron chi connectivity index (χ4n) is 5.26. The summed E-state index contributed by atoms with van der Waals surface area (Å²) in [6, 6.07) is 22.5. The molecule has 0 saturated carbocycles. The number of carbonyl (C=O) groups is 2. The van der Waals surface area contributed by atoms with Gasteiger partial charge in [0.15, 0.2) is 0 Å². The second-order valence-corrected chi connectivity index (χ2v) is 10.4. The quantitative estimate of drug-likeness (QED) is 0.394. The zero-order valence-electron chi connectivity index (χ0n) is 22.2. The largest absolute Gasteiger partial charge is 0.348 e. The summed E-state index contributed by atoms with van der Waals surface area (Å²) in [4.78, 5) is 31.3. The molecule has 5 nitrogen and oxygen atoms in total. The Labute approximate surface area is 215 Å². The predicted molar refractivity (Wildman–Crippen MR) is 145 cm³/mol. The number of nitrogens with zero attached hydrogens (tertiary/aromatic N) is 3. The van der Waals surface area contributed by atoms with Crippen molar-refractivity contribution < 1.29 is 9.59 Å². The maximum absolute atomic E-state index is 13.9. The zero-order chi connectivity index (χ0) is 25.8. The van der Waals surface area contributed by atoms with Crippen LogP contribution in [0.25, 0.3) is 0 Å². The van der Waals surface area contributed by atoms with Crippen molar-refractivity contribution in [3.63, 3.8) is 0 Å². The Hall–Kier alpha value is -3.34. The van der Waals surface area contributed by atoms with Crippen LogP contribution in [0.3, 0.4) is 0 Å². The van der Waals surface area contributed by atoms with Crippen molar-refractivity contribution in [1.29, 1.82) is 0 Å². The highest BCUT2D eigenvalue weighted by Crippen LogP contribution is 2.34. The third-order valence-corrected chi connectivity index (χ3v) is 7.40. The lowest BCUT2D eigenvalue weighted by Gasteiger charge is -2.39. The first-order chi connectivity index (χ1) is 17.3. The second kappa shape index (κ2) is 11.2. The molecule has 4 rings (SSSR count). The van der Waals surface area contributed by atoms with Gasteiger partial charge in [0.05, 0.1) is 12.0 Å². The molecule has 0 radical (unpaired) electrons. The molecule has 0 bridgehead atoms. The number of benzene rings is 2. The Bertz CT molecular complexity index is 1160. The van der Waals surface area contributed by atoms with Gasteiger partial charge in [-0.05, 0) is 55.0 Å². The summed E-state index contributed by atoms with van der Waals surface area (Å²) in [5.74, 6) is 0.212. The summed E-state index contributed by atoms with van der Waals surface area (Å²) < 4.78 is 2.23. The second-order valence-electron chi connectivity index (χ2n) is 10.4. The van der Waals surface area contributed by atoms with Gasteiger partial charge in [0.25, 0.3) is 0 Å². The predicted octanol–water partition coefficient (Wildman–Crippen LogP) is 5.97. The van der Waals surface area contributed by atoms with Crippen molar-refractivity contribution in [3.8, 4) is 0 Å². The number of fused-ring (bicyclic) bond motifs is 1. The van der Waals surface area contributed by atoms with Crippen molar-refractivity contribution in [2.75, 3.05) is 13.1 Å². The summed E-state index contributed by atoms with van der Waals surface area (Å²) in [5, 5.41) is 0. The van der Waals surface area contributed by atoms with Crippen molar-refractivity contribution >= 4 is 11.8 Å². The van der Waals surface area contributed by atoms with E-state index in [0.717, 1.165) is 23.4 Å². The van der Waals surface area contributed by atoms with Crippen molar-refractivity contribution in [3.05, 3.63) is 95.3 Å². The van der Waals surface area contributed by atoms with Gasteiger partial charge in [0, 0.05) is 31.0 Å². The monoisotopic (exact) mass is 485 g/mol. The number of hydrogen-bond acceptors (Lipinski definition) is 2. The maximum Gasteiger partial charge on any atom is 0.243 e. The van der Waals surface area contributed by atoms with Crippen LogP contribution in [0.15, 0.2) is 72.9 Å². The Morgan fingerprint density at radius 1 is 0.889 bits per heavy atom. The first kappa shape index (κ1) is 25.7. The van der Waals surface area contributed by atoms with Crippen LogP contribution in [0, 0.1) is 0 Å². The highest BCUT2D eigenvalue weighted by Gasteiger charge is 2.35. The van der Waals surface area contributed by atoms with Crippen LogP contribution in [0.5, 0.6) is 0 Å². The fraction of sp³-hybridized carbons (Fsp3) is 0.419. The minimum Gasteiger partial charge on any atom is -0.348 e. The molecule has 1 aliphatic rings. The van der Waals surface area contributed by atoms with E-state index in [9.17, 15) is 9.59 Å². The van der Waals surface area contributed by atoms with Crippen LogP contribution < -0.4 is 0 Å². The van der Waals surface area contributed by atoms with Gasteiger partial charge in [-0.1, -0.05) is 75.4 Å². The van der Waals surface area contributed by atoms with Crippen LogP contribution in [0.1, 0.15) is 81.3 Å². The molecule has 0 aliphatic carbocycles. The number of rotatable bonds is 8. The van der Waals surface area contributed by atoms with E-state index in [-0.39, 0.29) is 36.4 Å². The van der Waals surface area contributed by atoms with Crippen LogP contribution >= 0.6 is 0 Å². The van der Waals surface area contributed by atoms with E-state index in [1.54, 1.807) is 4.90 Å². The fourth-order valence-corrected chi connectivity index (χ4v) is 5.26. The molecule has 2 atom stereocenters. The molecular weight excluding hydrogens is 446 g/mol. The maximum atomic E-state index is 13.9. The molecule has 36 heavy (non-hydrogen) atoms. The van der Waals surface area contributed by atoms with E-state index >= 15 is 0 Å². The molecule has 0 N–H and O–H groups in total. The summed E-state index contributed by atoms with van der Waals surface area (Å²) >= 11 is 0. The van der Waals surface area contributed by atoms with Gasteiger partial charge in [-0.25, -0.2) is 0 Å². The zero-order valence-corrected chi connectivity index (χ0v) is 22.2. The first-order valence-corrected chi connectivity index (χ1v) is 13.2.